The smallest absolute Gasteiger partial charge is 0.231 e. The van der Waals surface area contributed by atoms with E-state index >= 15 is 0 Å². The zero-order valence-corrected chi connectivity index (χ0v) is 13.8. The normalized spacial score (nSPS) is 12.3. The van der Waals surface area contributed by atoms with Gasteiger partial charge in [0.05, 0.1) is 11.2 Å². The molecule has 5 heteroatoms. The first-order chi connectivity index (χ1) is 12.9. The minimum absolute atomic E-state index is 0.239. The first-order valence-electron chi connectivity index (χ1n) is 8.24. The SMILES string of the molecule is c1ccc2c(Oc3ccc4c(c3)OCO4)cc(-c3ccncc3)nc2c1. The summed E-state index contributed by atoms with van der Waals surface area (Å²) in [5.41, 5.74) is 2.70. The molecule has 1 aliphatic heterocycles. The standard InChI is InChI=1S/C21H14N2O3/c1-2-4-17-16(3-1)20(12-18(23-17)14-7-9-22-10-8-14)26-15-5-6-19-21(11-15)25-13-24-19/h1-12H,13H2. The van der Waals surface area contributed by atoms with Gasteiger partial charge in [-0.15, -0.1) is 0 Å². The van der Waals surface area contributed by atoms with Crippen molar-refractivity contribution in [2.45, 2.75) is 0 Å². The Morgan fingerprint density at radius 1 is 0.846 bits per heavy atom. The summed E-state index contributed by atoms with van der Waals surface area (Å²) in [7, 11) is 0. The lowest BCUT2D eigenvalue weighted by atomic mass is 10.1. The number of ether oxygens (including phenoxy) is 3. The van der Waals surface area contributed by atoms with Gasteiger partial charge in [-0.05, 0) is 36.4 Å². The second-order valence-corrected chi connectivity index (χ2v) is 5.88. The summed E-state index contributed by atoms with van der Waals surface area (Å²) in [5, 5.41) is 0.947. The lowest BCUT2D eigenvalue weighted by Gasteiger charge is -2.12. The van der Waals surface area contributed by atoms with E-state index in [4.69, 9.17) is 19.2 Å². The number of hydrogen-bond acceptors (Lipinski definition) is 5. The molecule has 1 aliphatic rings. The van der Waals surface area contributed by atoms with Crippen molar-refractivity contribution >= 4 is 10.9 Å². The van der Waals surface area contributed by atoms with Crippen LogP contribution < -0.4 is 14.2 Å². The van der Waals surface area contributed by atoms with Crippen molar-refractivity contribution in [1.82, 2.24) is 9.97 Å². The lowest BCUT2D eigenvalue weighted by molar-refractivity contribution is 0.174. The van der Waals surface area contributed by atoms with Gasteiger partial charge in [-0.2, -0.15) is 0 Å². The lowest BCUT2D eigenvalue weighted by Crippen LogP contribution is -1.93. The molecule has 0 radical (unpaired) electrons. The minimum atomic E-state index is 0.239. The summed E-state index contributed by atoms with van der Waals surface area (Å²) in [6.45, 7) is 0.239. The Hall–Kier alpha value is -3.60. The zero-order chi connectivity index (χ0) is 17.3. The summed E-state index contributed by atoms with van der Waals surface area (Å²) >= 11 is 0. The van der Waals surface area contributed by atoms with Gasteiger partial charge in [0.25, 0.3) is 0 Å². The van der Waals surface area contributed by atoms with Gasteiger partial charge in [0, 0.05) is 35.5 Å². The molecule has 0 unspecified atom stereocenters. The predicted octanol–water partition coefficient (Wildman–Crippen LogP) is 4.82. The molecule has 26 heavy (non-hydrogen) atoms. The minimum Gasteiger partial charge on any atom is -0.456 e. The number of para-hydroxylation sites is 1. The molecule has 0 atom stereocenters. The highest BCUT2D eigenvalue weighted by atomic mass is 16.7. The molecule has 0 saturated heterocycles. The molecule has 0 aliphatic carbocycles. The predicted molar refractivity (Wildman–Crippen MR) is 97.6 cm³/mol. The fourth-order valence-corrected chi connectivity index (χ4v) is 2.97. The van der Waals surface area contributed by atoms with Gasteiger partial charge in [0.2, 0.25) is 6.79 Å². The first-order valence-corrected chi connectivity index (χ1v) is 8.24. The molecule has 0 fully saturated rings. The van der Waals surface area contributed by atoms with E-state index in [1.807, 2.05) is 60.7 Å². The number of nitrogens with zero attached hydrogens (tertiary/aromatic N) is 2. The van der Waals surface area contributed by atoms with Crippen molar-refractivity contribution in [3.8, 4) is 34.3 Å². The average molecular weight is 342 g/mol. The van der Waals surface area contributed by atoms with Crippen LogP contribution in [0.1, 0.15) is 0 Å². The zero-order valence-electron chi connectivity index (χ0n) is 13.8. The Bertz CT molecular complexity index is 1100. The van der Waals surface area contributed by atoms with E-state index < -0.39 is 0 Å². The Kier molecular flexibility index (Phi) is 3.42. The molecular weight excluding hydrogens is 328 g/mol. The third kappa shape index (κ3) is 2.59. The van der Waals surface area contributed by atoms with Gasteiger partial charge in [-0.25, -0.2) is 4.98 Å². The van der Waals surface area contributed by atoms with Gasteiger partial charge >= 0.3 is 0 Å². The molecule has 4 aromatic rings. The number of fused-ring (bicyclic) bond motifs is 2. The molecule has 5 nitrogen and oxygen atoms in total. The fraction of sp³-hybridized carbons (Fsp3) is 0.0476. The summed E-state index contributed by atoms with van der Waals surface area (Å²) < 4.78 is 17.0. The Labute approximate surface area is 149 Å². The molecule has 0 amide bonds. The van der Waals surface area contributed by atoms with Crippen LogP contribution in [0.15, 0.2) is 73.1 Å². The van der Waals surface area contributed by atoms with E-state index in [1.165, 1.54) is 0 Å². The van der Waals surface area contributed by atoms with Gasteiger partial charge < -0.3 is 14.2 Å². The molecule has 3 heterocycles. The van der Waals surface area contributed by atoms with Gasteiger partial charge in [-0.1, -0.05) is 12.1 Å². The van der Waals surface area contributed by atoms with E-state index in [0.29, 0.717) is 11.5 Å². The van der Waals surface area contributed by atoms with Crippen molar-refractivity contribution in [3.63, 3.8) is 0 Å². The molecule has 126 valence electrons. The number of rotatable bonds is 3. The van der Waals surface area contributed by atoms with E-state index in [1.54, 1.807) is 12.4 Å². The van der Waals surface area contributed by atoms with Crippen molar-refractivity contribution in [2.24, 2.45) is 0 Å². The van der Waals surface area contributed by atoms with Crippen LogP contribution in [-0.2, 0) is 0 Å². The summed E-state index contributed by atoms with van der Waals surface area (Å²) in [5.74, 6) is 2.84. The Morgan fingerprint density at radius 2 is 1.69 bits per heavy atom. The van der Waals surface area contributed by atoms with Crippen molar-refractivity contribution in [1.29, 1.82) is 0 Å². The van der Waals surface area contributed by atoms with Gasteiger partial charge in [0.15, 0.2) is 11.5 Å². The number of pyridine rings is 2. The quantitative estimate of drug-likeness (QED) is 0.534. The maximum atomic E-state index is 6.19. The van der Waals surface area contributed by atoms with Crippen LogP contribution >= 0.6 is 0 Å². The highest BCUT2D eigenvalue weighted by molar-refractivity contribution is 5.88. The van der Waals surface area contributed by atoms with Crippen LogP contribution in [0.4, 0.5) is 0 Å². The van der Waals surface area contributed by atoms with Gasteiger partial charge in [-0.3, -0.25) is 4.98 Å². The largest absolute Gasteiger partial charge is 0.456 e. The van der Waals surface area contributed by atoms with Crippen LogP contribution in [0.25, 0.3) is 22.2 Å². The molecule has 0 saturated carbocycles. The van der Waals surface area contributed by atoms with E-state index in [2.05, 4.69) is 4.98 Å². The third-order valence-electron chi connectivity index (χ3n) is 4.23. The van der Waals surface area contributed by atoms with E-state index in [-0.39, 0.29) is 6.79 Å². The molecular formula is C21H14N2O3. The van der Waals surface area contributed by atoms with E-state index in [9.17, 15) is 0 Å². The highest BCUT2D eigenvalue weighted by Crippen LogP contribution is 2.38. The maximum absolute atomic E-state index is 6.19. The second kappa shape index (κ2) is 6.04. The van der Waals surface area contributed by atoms with E-state index in [0.717, 1.165) is 33.7 Å². The molecule has 0 bridgehead atoms. The second-order valence-electron chi connectivity index (χ2n) is 5.88. The molecule has 0 N–H and O–H groups in total. The summed E-state index contributed by atoms with van der Waals surface area (Å²) in [6.07, 6.45) is 3.51. The van der Waals surface area contributed by atoms with Crippen molar-refractivity contribution in [3.05, 3.63) is 73.1 Å². The van der Waals surface area contributed by atoms with Crippen LogP contribution in [0.3, 0.4) is 0 Å². The molecule has 0 spiro atoms. The topological polar surface area (TPSA) is 53.5 Å². The Morgan fingerprint density at radius 3 is 2.62 bits per heavy atom. The van der Waals surface area contributed by atoms with Gasteiger partial charge in [0.1, 0.15) is 11.5 Å². The third-order valence-corrected chi connectivity index (χ3v) is 4.23. The maximum Gasteiger partial charge on any atom is 0.231 e. The van der Waals surface area contributed by atoms with Crippen LogP contribution in [0, 0.1) is 0 Å². The highest BCUT2D eigenvalue weighted by Gasteiger charge is 2.15. The molecule has 5 rings (SSSR count). The monoisotopic (exact) mass is 342 g/mol. The first kappa shape index (κ1) is 14.7. The van der Waals surface area contributed by atoms with Crippen LogP contribution in [0.5, 0.6) is 23.0 Å². The Balaban J connectivity index is 1.62. The average Bonchev–Trinajstić information content (AvgIpc) is 3.16. The van der Waals surface area contributed by atoms with Crippen molar-refractivity contribution in [2.75, 3.05) is 6.79 Å². The van der Waals surface area contributed by atoms with Crippen LogP contribution in [0.2, 0.25) is 0 Å². The fourth-order valence-electron chi connectivity index (χ4n) is 2.97. The number of benzene rings is 2. The van der Waals surface area contributed by atoms with Crippen LogP contribution in [-0.4, -0.2) is 16.8 Å². The summed E-state index contributed by atoms with van der Waals surface area (Å²) in [6, 6.07) is 19.3. The van der Waals surface area contributed by atoms with Crippen molar-refractivity contribution < 1.29 is 14.2 Å². The number of aromatic nitrogens is 2. The molecule has 2 aromatic heterocycles. The summed E-state index contributed by atoms with van der Waals surface area (Å²) in [4.78, 5) is 8.82. The number of hydrogen-bond donors (Lipinski definition) is 0. The molecule has 2 aromatic carbocycles.